The van der Waals surface area contributed by atoms with Gasteiger partial charge in [0.05, 0.1) is 54.6 Å². The fraction of sp³-hybridized carbons (Fsp3) is 0.353. The van der Waals surface area contributed by atoms with Gasteiger partial charge in [-0.25, -0.2) is 0 Å². The number of fused-ring (bicyclic) bond motifs is 4. The Labute approximate surface area is 381 Å². The number of aryl methyl sites for hydroxylation is 1. The van der Waals surface area contributed by atoms with Gasteiger partial charge >= 0.3 is 0 Å². The molecule has 2 aliphatic carbocycles. The maximum Gasteiger partial charge on any atom is 0.261 e. The zero-order chi connectivity index (χ0) is 48.1. The molecular formula is C51H50N6O10. The molecule has 0 saturated carbocycles. The Morgan fingerprint density at radius 1 is 0.552 bits per heavy atom. The van der Waals surface area contributed by atoms with E-state index in [1.54, 1.807) is 33.8 Å². The molecule has 1 N–H and O–H groups in total. The molecule has 0 aliphatic heterocycles. The lowest BCUT2D eigenvalue weighted by Gasteiger charge is -2.35. The van der Waals surface area contributed by atoms with E-state index in [-0.39, 0.29) is 91.4 Å². The number of Topliss-reactive ketones (excluding diaryl/α,β-unsaturated/α-hetero) is 1. The van der Waals surface area contributed by atoms with Crippen molar-refractivity contribution in [3.63, 3.8) is 0 Å². The first-order valence-corrected chi connectivity index (χ1v) is 22.7. The minimum Gasteiger partial charge on any atom is -0.511 e. The van der Waals surface area contributed by atoms with Gasteiger partial charge in [-0.15, -0.1) is 0 Å². The molecule has 0 bridgehead atoms. The van der Waals surface area contributed by atoms with Crippen LogP contribution < -0.4 is 49.4 Å². The number of allylic oxidation sites excluding steroid dienone is 4. The van der Waals surface area contributed by atoms with Crippen LogP contribution in [0.15, 0.2) is 111 Å². The van der Waals surface area contributed by atoms with Gasteiger partial charge in [-0.05, 0) is 95.6 Å². The molecule has 0 saturated heterocycles. The molecule has 1 unspecified atom stereocenters. The third-order valence-corrected chi connectivity index (χ3v) is 13.8. The van der Waals surface area contributed by atoms with Crippen molar-refractivity contribution in [3.8, 4) is 0 Å². The molecule has 16 nitrogen and oxygen atoms in total. The van der Waals surface area contributed by atoms with E-state index >= 15 is 0 Å². The highest BCUT2D eigenvalue weighted by Gasteiger charge is 2.44. The summed E-state index contributed by atoms with van der Waals surface area (Å²) in [6, 6.07) is 9.99. The van der Waals surface area contributed by atoms with Crippen LogP contribution in [-0.2, 0) is 17.9 Å². The number of ketones is 1. The minimum absolute atomic E-state index is 0.00729. The highest BCUT2D eigenvalue weighted by Crippen LogP contribution is 2.44. The number of nitrogens with zero attached hydrogens (tertiary/aromatic N) is 6. The van der Waals surface area contributed by atoms with Crippen LogP contribution in [0, 0.1) is 18.8 Å². The number of anilines is 1. The van der Waals surface area contributed by atoms with E-state index in [1.165, 1.54) is 24.3 Å². The molecule has 0 fully saturated rings. The Morgan fingerprint density at radius 3 is 1.34 bits per heavy atom. The summed E-state index contributed by atoms with van der Waals surface area (Å²) in [7, 11) is 0. The summed E-state index contributed by atoms with van der Waals surface area (Å²) >= 11 is 0. The van der Waals surface area contributed by atoms with Crippen LogP contribution >= 0.6 is 0 Å². The molecule has 9 rings (SSSR count). The van der Waals surface area contributed by atoms with E-state index in [9.17, 15) is 48.3 Å². The fourth-order valence-corrected chi connectivity index (χ4v) is 10.2. The number of rotatable bonds is 14. The van der Waals surface area contributed by atoms with Gasteiger partial charge in [0.1, 0.15) is 5.76 Å². The second kappa shape index (κ2) is 16.5. The van der Waals surface area contributed by atoms with Gasteiger partial charge in [-0.3, -0.25) is 66.3 Å². The maximum absolute atomic E-state index is 13.7. The number of hydrogen-bond acceptors (Lipinski definition) is 12. The molecule has 67 heavy (non-hydrogen) atoms. The molecule has 0 spiro atoms. The number of aromatic nitrogens is 4. The third-order valence-electron chi connectivity index (χ3n) is 13.8. The van der Waals surface area contributed by atoms with Gasteiger partial charge < -0.3 is 10.0 Å². The van der Waals surface area contributed by atoms with E-state index in [0.29, 0.717) is 31.7 Å². The number of aliphatic hydroxyl groups is 1. The quantitative estimate of drug-likeness (QED) is 0.155. The monoisotopic (exact) mass is 906 g/mol. The minimum atomic E-state index is -0.762. The average molecular weight is 907 g/mol. The van der Waals surface area contributed by atoms with Gasteiger partial charge in [0.15, 0.2) is 5.78 Å². The Morgan fingerprint density at radius 2 is 0.970 bits per heavy atom. The van der Waals surface area contributed by atoms with Crippen molar-refractivity contribution in [1.29, 1.82) is 0 Å². The predicted octanol–water partition coefficient (Wildman–Crippen LogP) is 3.74. The Kier molecular flexibility index (Phi) is 11.1. The van der Waals surface area contributed by atoms with Gasteiger partial charge in [-0.2, -0.15) is 0 Å². The standard InChI is InChI=1S/C51H50N6O10/c1-8-52(16-18-54-44(60)32-21-36-37(22-33(32)45(54)61)49(65)56(25(3)4)48(36)64)29-12-10-28(11-13-29)40-42(58)41(43(40)59)31-15-14-30(20-27(31)7)53(9-2)17-19-55-46(62)34-23-38-39(24-35(34)47(55)63)51(67)57(26(5)6)50(38)66/h10-15,20-26,28-29,40,58H,8-9,16-19H2,1-7H3. The summed E-state index contributed by atoms with van der Waals surface area (Å²) in [5.74, 6) is -1.36. The van der Waals surface area contributed by atoms with Gasteiger partial charge in [0.2, 0.25) is 0 Å². The lowest BCUT2D eigenvalue weighted by molar-refractivity contribution is -0.120. The smallest absolute Gasteiger partial charge is 0.261 e. The van der Waals surface area contributed by atoms with Crippen LogP contribution in [0.4, 0.5) is 5.69 Å². The molecule has 0 amide bonds. The topological polar surface area (TPSA) is 200 Å². The number of carbonyl (C=O) groups excluding carboxylic acids is 1. The van der Waals surface area contributed by atoms with Crippen LogP contribution in [0.25, 0.3) is 48.7 Å². The SMILES string of the molecule is CCN(CCn1c(=O)c2cc3c(=O)n(C(C)C)c(=O)c3cc2c1=O)c1ccc(C2=C(O)C(C3C=CC(N(CC)CCn4c(=O)c5cc6c(=O)n(C(C)C)c(=O)c6cc5c4=O)C=C3)C2=O)c(C)c1. The van der Waals surface area contributed by atoms with Crippen LogP contribution in [0.1, 0.15) is 64.8 Å². The molecular weight excluding hydrogens is 857 g/mol. The molecule has 4 heterocycles. The lowest BCUT2D eigenvalue weighted by atomic mass is 9.70. The number of likely N-dealkylation sites (N-methyl/N-ethyl adjacent to an activating group) is 2. The summed E-state index contributed by atoms with van der Waals surface area (Å²) in [4.78, 5) is 123. The zero-order valence-corrected chi connectivity index (χ0v) is 38.3. The third kappa shape index (κ3) is 6.86. The van der Waals surface area contributed by atoms with E-state index in [4.69, 9.17) is 0 Å². The molecule has 3 aromatic carbocycles. The van der Waals surface area contributed by atoms with Crippen LogP contribution in [0.3, 0.4) is 0 Å². The van der Waals surface area contributed by atoms with Crippen LogP contribution in [-0.4, -0.2) is 66.3 Å². The Hall–Kier alpha value is -7.33. The maximum atomic E-state index is 13.7. The van der Waals surface area contributed by atoms with Crippen molar-refractivity contribution in [3.05, 3.63) is 166 Å². The normalized spacial score (nSPS) is 17.6. The highest BCUT2D eigenvalue weighted by atomic mass is 16.3. The van der Waals surface area contributed by atoms with E-state index in [2.05, 4.69) is 4.90 Å². The summed E-state index contributed by atoms with van der Waals surface area (Å²) in [5.41, 5.74) is -1.67. The van der Waals surface area contributed by atoms with Crippen molar-refractivity contribution in [2.24, 2.45) is 11.8 Å². The summed E-state index contributed by atoms with van der Waals surface area (Å²) in [5, 5.41) is 12.2. The first-order chi connectivity index (χ1) is 31.9. The van der Waals surface area contributed by atoms with Gasteiger partial charge in [0.25, 0.3) is 44.5 Å². The van der Waals surface area contributed by atoms with Crippen molar-refractivity contribution < 1.29 is 9.90 Å². The molecule has 16 heteroatoms. The fourth-order valence-electron chi connectivity index (χ4n) is 10.2. The van der Waals surface area contributed by atoms with Crippen molar-refractivity contribution in [2.45, 2.75) is 79.7 Å². The van der Waals surface area contributed by atoms with E-state index in [1.807, 2.05) is 62.1 Å². The Bertz CT molecular complexity index is 3610. The predicted molar refractivity (Wildman–Crippen MR) is 260 cm³/mol. The first kappa shape index (κ1) is 44.9. The highest BCUT2D eigenvalue weighted by molar-refractivity contribution is 6.30. The van der Waals surface area contributed by atoms with Crippen LogP contribution in [0.5, 0.6) is 0 Å². The average Bonchev–Trinajstić information content (AvgIpc) is 3.89. The molecule has 2 aliphatic rings. The molecule has 0 radical (unpaired) electrons. The van der Waals surface area contributed by atoms with Crippen molar-refractivity contribution in [2.75, 3.05) is 31.1 Å². The number of hydrogen-bond donors (Lipinski definition) is 1. The largest absolute Gasteiger partial charge is 0.511 e. The number of carbonyl (C=O) groups is 1. The van der Waals surface area contributed by atoms with Crippen molar-refractivity contribution >= 4 is 60.1 Å². The van der Waals surface area contributed by atoms with E-state index < -0.39 is 56.3 Å². The summed E-state index contributed by atoms with van der Waals surface area (Å²) in [6.45, 7) is 14.5. The molecule has 4 aromatic heterocycles. The van der Waals surface area contributed by atoms with Crippen LogP contribution in [0.2, 0.25) is 0 Å². The first-order valence-electron chi connectivity index (χ1n) is 22.7. The van der Waals surface area contributed by atoms with E-state index in [0.717, 1.165) is 29.5 Å². The number of benzene rings is 3. The second-order valence-electron chi connectivity index (χ2n) is 18.2. The summed E-state index contributed by atoms with van der Waals surface area (Å²) < 4.78 is 4.52. The van der Waals surface area contributed by atoms with Gasteiger partial charge in [-0.1, -0.05) is 37.3 Å². The summed E-state index contributed by atoms with van der Waals surface area (Å²) in [6.07, 6.45) is 7.65. The number of aliphatic hydroxyl groups excluding tert-OH is 1. The molecule has 344 valence electrons. The zero-order valence-electron chi connectivity index (χ0n) is 38.3. The molecule has 7 aromatic rings. The Balaban J connectivity index is 0.866. The van der Waals surface area contributed by atoms with Crippen molar-refractivity contribution in [1.82, 2.24) is 23.2 Å². The molecule has 1 atom stereocenters. The van der Waals surface area contributed by atoms with Gasteiger partial charge in [0, 0.05) is 62.5 Å². The lowest BCUT2D eigenvalue weighted by Crippen LogP contribution is -2.40. The second-order valence-corrected chi connectivity index (χ2v) is 18.2.